The molecule has 4 heteroatoms. The van der Waals surface area contributed by atoms with Crippen molar-refractivity contribution in [1.29, 1.82) is 0 Å². The number of carbonyl (C=O) groups is 1. The molecule has 164 valence electrons. The predicted octanol–water partition coefficient (Wildman–Crippen LogP) is 5.26. The predicted molar refractivity (Wildman–Crippen MR) is 125 cm³/mol. The SMILES string of the molecule is CC(C)n1ccc2c(C(=O)N3CCCC4=CC5CC(CN6CCCC[C@H]56)[C@@H]43)cccc21. The number of likely N-dealkylation sites (tertiary alicyclic amines) is 1. The lowest BCUT2D eigenvalue weighted by atomic mass is 9.68. The van der Waals surface area contributed by atoms with Crippen LogP contribution in [0.5, 0.6) is 0 Å². The quantitative estimate of drug-likeness (QED) is 0.624. The van der Waals surface area contributed by atoms with Gasteiger partial charge in [0, 0.05) is 47.8 Å². The van der Waals surface area contributed by atoms with E-state index in [2.05, 4.69) is 58.7 Å². The van der Waals surface area contributed by atoms with Gasteiger partial charge in [0.25, 0.3) is 5.91 Å². The molecule has 4 atom stereocenters. The molecule has 2 bridgehead atoms. The van der Waals surface area contributed by atoms with Crippen LogP contribution < -0.4 is 0 Å². The topological polar surface area (TPSA) is 28.5 Å². The molecule has 2 aromatic rings. The second-order valence-corrected chi connectivity index (χ2v) is 10.6. The minimum absolute atomic E-state index is 0.238. The van der Waals surface area contributed by atoms with Gasteiger partial charge in [-0.25, -0.2) is 0 Å². The maximum absolute atomic E-state index is 14.0. The molecule has 4 aliphatic rings. The highest BCUT2D eigenvalue weighted by molar-refractivity contribution is 6.06. The van der Waals surface area contributed by atoms with Crippen molar-refractivity contribution in [3.8, 4) is 0 Å². The second kappa shape index (κ2) is 7.51. The first-order chi connectivity index (χ1) is 15.1. The van der Waals surface area contributed by atoms with Crippen molar-refractivity contribution >= 4 is 16.8 Å². The molecule has 4 nitrogen and oxygen atoms in total. The normalized spacial score (nSPS) is 30.8. The number of fused-ring (bicyclic) bond motifs is 7. The van der Waals surface area contributed by atoms with Gasteiger partial charge in [-0.1, -0.05) is 24.1 Å². The molecule has 0 saturated carbocycles. The highest BCUT2D eigenvalue weighted by atomic mass is 16.2. The lowest BCUT2D eigenvalue weighted by molar-refractivity contribution is 0.00153. The summed E-state index contributed by atoms with van der Waals surface area (Å²) in [6.45, 7) is 7.73. The Kier molecular flexibility index (Phi) is 4.75. The van der Waals surface area contributed by atoms with E-state index < -0.39 is 0 Å². The van der Waals surface area contributed by atoms with E-state index in [-0.39, 0.29) is 5.91 Å². The van der Waals surface area contributed by atoms with Crippen molar-refractivity contribution in [3.05, 3.63) is 47.7 Å². The number of aromatic nitrogens is 1. The van der Waals surface area contributed by atoms with Crippen LogP contribution in [0.4, 0.5) is 0 Å². The fourth-order valence-electron chi connectivity index (χ4n) is 7.18. The molecule has 3 saturated heterocycles. The Morgan fingerprint density at radius 2 is 2.00 bits per heavy atom. The van der Waals surface area contributed by atoms with Gasteiger partial charge in [-0.2, -0.15) is 0 Å². The van der Waals surface area contributed by atoms with E-state index in [1.54, 1.807) is 5.57 Å². The minimum atomic E-state index is 0.238. The fraction of sp³-hybridized carbons (Fsp3) is 0.593. The summed E-state index contributed by atoms with van der Waals surface area (Å²) in [5.74, 6) is 1.55. The monoisotopic (exact) mass is 417 g/mol. The van der Waals surface area contributed by atoms with Gasteiger partial charge in [0.05, 0.1) is 6.04 Å². The number of hydrogen-bond donors (Lipinski definition) is 0. The Morgan fingerprint density at radius 1 is 1.10 bits per heavy atom. The molecule has 31 heavy (non-hydrogen) atoms. The Bertz CT molecular complexity index is 1030. The number of carbonyl (C=O) groups excluding carboxylic acids is 1. The molecule has 2 unspecified atom stereocenters. The molecule has 6 rings (SSSR count). The highest BCUT2D eigenvalue weighted by Gasteiger charge is 2.47. The van der Waals surface area contributed by atoms with Gasteiger partial charge in [-0.15, -0.1) is 0 Å². The largest absolute Gasteiger partial charge is 0.345 e. The Hall–Kier alpha value is -2.07. The number of benzene rings is 1. The van der Waals surface area contributed by atoms with E-state index in [1.807, 2.05) is 6.07 Å². The minimum Gasteiger partial charge on any atom is -0.345 e. The summed E-state index contributed by atoms with van der Waals surface area (Å²) < 4.78 is 2.27. The highest BCUT2D eigenvalue weighted by Crippen LogP contribution is 2.45. The third-order valence-electron chi connectivity index (χ3n) is 8.47. The summed E-state index contributed by atoms with van der Waals surface area (Å²) in [5.41, 5.74) is 3.62. The molecule has 0 radical (unpaired) electrons. The molecule has 1 aromatic heterocycles. The Balaban J connectivity index is 1.36. The molecule has 1 amide bonds. The van der Waals surface area contributed by atoms with Crippen LogP contribution in [0, 0.1) is 11.8 Å². The van der Waals surface area contributed by atoms with Crippen LogP contribution in [0.25, 0.3) is 10.9 Å². The lowest BCUT2D eigenvalue weighted by Crippen LogP contribution is -2.60. The molecule has 1 aromatic carbocycles. The molecule has 0 spiro atoms. The van der Waals surface area contributed by atoms with Gasteiger partial charge in [0.15, 0.2) is 0 Å². The van der Waals surface area contributed by atoms with Crippen molar-refractivity contribution in [2.45, 2.75) is 70.5 Å². The summed E-state index contributed by atoms with van der Waals surface area (Å²) in [6.07, 6.45) is 12.4. The average molecular weight is 418 g/mol. The first-order valence-corrected chi connectivity index (χ1v) is 12.5. The Morgan fingerprint density at radius 3 is 2.87 bits per heavy atom. The van der Waals surface area contributed by atoms with Crippen LogP contribution in [0.15, 0.2) is 42.1 Å². The van der Waals surface area contributed by atoms with Crippen molar-refractivity contribution in [3.63, 3.8) is 0 Å². The van der Waals surface area contributed by atoms with Crippen LogP contribution in [-0.2, 0) is 0 Å². The lowest BCUT2D eigenvalue weighted by Gasteiger charge is -2.54. The molecule has 0 N–H and O–H groups in total. The van der Waals surface area contributed by atoms with E-state index in [0.717, 1.165) is 30.0 Å². The number of amides is 1. The van der Waals surface area contributed by atoms with Crippen molar-refractivity contribution < 1.29 is 4.79 Å². The van der Waals surface area contributed by atoms with E-state index >= 15 is 0 Å². The zero-order valence-electron chi connectivity index (χ0n) is 19.0. The average Bonchev–Trinajstić information content (AvgIpc) is 3.23. The van der Waals surface area contributed by atoms with E-state index in [4.69, 9.17) is 0 Å². The molecular formula is C27H35N3O. The summed E-state index contributed by atoms with van der Waals surface area (Å²) in [5, 5.41) is 1.10. The van der Waals surface area contributed by atoms with Gasteiger partial charge in [0.1, 0.15) is 0 Å². The summed E-state index contributed by atoms with van der Waals surface area (Å²) >= 11 is 0. The van der Waals surface area contributed by atoms with Crippen LogP contribution in [-0.4, -0.2) is 52.0 Å². The third kappa shape index (κ3) is 3.09. The first kappa shape index (κ1) is 19.6. The second-order valence-electron chi connectivity index (χ2n) is 10.6. The summed E-state index contributed by atoms with van der Waals surface area (Å²) in [4.78, 5) is 19.0. The zero-order chi connectivity index (χ0) is 21.1. The fourth-order valence-corrected chi connectivity index (χ4v) is 7.18. The van der Waals surface area contributed by atoms with E-state index in [1.165, 1.54) is 50.7 Å². The number of hydrogen-bond acceptors (Lipinski definition) is 2. The smallest absolute Gasteiger partial charge is 0.255 e. The maximum atomic E-state index is 14.0. The van der Waals surface area contributed by atoms with Gasteiger partial charge in [0.2, 0.25) is 0 Å². The summed E-state index contributed by atoms with van der Waals surface area (Å²) in [7, 11) is 0. The third-order valence-corrected chi connectivity index (χ3v) is 8.47. The number of rotatable bonds is 2. The molecular weight excluding hydrogens is 382 g/mol. The number of nitrogens with zero attached hydrogens (tertiary/aromatic N) is 3. The van der Waals surface area contributed by atoms with Crippen molar-refractivity contribution in [2.24, 2.45) is 11.8 Å². The maximum Gasteiger partial charge on any atom is 0.255 e. The molecule has 4 heterocycles. The van der Waals surface area contributed by atoms with Gasteiger partial charge in [-0.3, -0.25) is 9.69 Å². The number of piperidine rings is 3. The van der Waals surface area contributed by atoms with Crippen LogP contribution in [0.3, 0.4) is 0 Å². The van der Waals surface area contributed by atoms with E-state index in [0.29, 0.717) is 23.9 Å². The first-order valence-electron chi connectivity index (χ1n) is 12.5. The van der Waals surface area contributed by atoms with Crippen LogP contribution >= 0.6 is 0 Å². The summed E-state index contributed by atoms with van der Waals surface area (Å²) in [6, 6.07) is 9.85. The molecule has 3 fully saturated rings. The van der Waals surface area contributed by atoms with E-state index in [9.17, 15) is 4.79 Å². The van der Waals surface area contributed by atoms with Gasteiger partial charge >= 0.3 is 0 Å². The van der Waals surface area contributed by atoms with Crippen LogP contribution in [0.1, 0.15) is 68.8 Å². The van der Waals surface area contributed by atoms with Gasteiger partial charge < -0.3 is 9.47 Å². The van der Waals surface area contributed by atoms with Crippen LogP contribution in [0.2, 0.25) is 0 Å². The molecule has 3 aliphatic heterocycles. The van der Waals surface area contributed by atoms with Crippen molar-refractivity contribution in [1.82, 2.24) is 14.4 Å². The molecule has 1 aliphatic carbocycles. The standard InChI is InChI=1S/C27H35N3O/c1-18(2)29-14-11-22-23(8-5-10-25(22)29)27(31)30-13-6-7-19-15-20-16-21(26(19)30)17-28-12-4-3-9-24(20)28/h5,8,10-11,14-15,18,20-21,24,26H,3-4,6-7,9,12-13,16-17H2,1-2H3/t20?,21?,24-,26-/m1/s1. The van der Waals surface area contributed by atoms with Crippen molar-refractivity contribution in [2.75, 3.05) is 19.6 Å². The van der Waals surface area contributed by atoms with Gasteiger partial charge in [-0.05, 0) is 82.5 Å². The Labute approximate surface area is 185 Å². The zero-order valence-corrected chi connectivity index (χ0v) is 19.0.